The van der Waals surface area contributed by atoms with Crippen LogP contribution in [0, 0.1) is 37.5 Å². The van der Waals surface area contributed by atoms with Crippen LogP contribution in [0.15, 0.2) is 146 Å². The zero-order chi connectivity index (χ0) is 37.8. The van der Waals surface area contributed by atoms with E-state index in [1.165, 1.54) is 55.6 Å². The van der Waals surface area contributed by atoms with Gasteiger partial charge in [0.25, 0.3) is 0 Å². The van der Waals surface area contributed by atoms with Crippen LogP contribution in [0.2, 0.25) is 26.2 Å². The SMILES string of the molecule is Cc1c2c(c(C)c3c1[C@@H]1O[C@H]3[C@@H]3[C@H]1[C@]1(c4ccccc4)C=C[C@@]3(c3ccccc3)[Si]1(C)C)[C@@H]1O[C@H]2[C@@H]2[C@H]1[C@]1(c3ccccc3)C=C[C@@]2(c2ccccc2)[Si]1(C)C. The molecule has 4 saturated heterocycles. The number of ether oxygens (including phenoxy) is 2. The Hall–Kier alpha value is -4.07. The van der Waals surface area contributed by atoms with Crippen LogP contribution in [0.5, 0.6) is 0 Å². The molecule has 0 unspecified atom stereocenters. The van der Waals surface area contributed by atoms with Crippen molar-refractivity contribution in [2.75, 3.05) is 0 Å². The summed E-state index contributed by atoms with van der Waals surface area (Å²) in [4.78, 5) is 0. The molecule has 0 spiro atoms. The van der Waals surface area contributed by atoms with Crippen molar-refractivity contribution in [2.24, 2.45) is 23.7 Å². The largest absolute Gasteiger partial charge is 0.365 e. The average Bonchev–Trinajstić information content (AvgIpc) is 4.10. The lowest BCUT2D eigenvalue weighted by Gasteiger charge is -2.45. The van der Waals surface area contributed by atoms with Gasteiger partial charge in [0.05, 0.1) is 40.6 Å². The molecule has 278 valence electrons. The van der Waals surface area contributed by atoms with E-state index in [0.29, 0.717) is 23.7 Å². The molecule has 0 saturated carbocycles. The third-order valence-electron chi connectivity index (χ3n) is 18.5. The zero-order valence-corrected chi connectivity index (χ0v) is 35.3. The van der Waals surface area contributed by atoms with Crippen LogP contribution in [0.1, 0.15) is 80.1 Å². The van der Waals surface area contributed by atoms with Crippen molar-refractivity contribution in [2.45, 2.75) is 84.6 Å². The van der Waals surface area contributed by atoms with Gasteiger partial charge in [-0.3, -0.25) is 0 Å². The summed E-state index contributed by atoms with van der Waals surface area (Å²) in [5.41, 5.74) is 15.0. The fourth-order valence-electron chi connectivity index (χ4n) is 16.7. The molecule has 4 fully saturated rings. The van der Waals surface area contributed by atoms with Gasteiger partial charge in [-0.1, -0.05) is 172 Å². The van der Waals surface area contributed by atoms with Crippen molar-refractivity contribution in [1.82, 2.24) is 0 Å². The Bertz CT molecular complexity index is 2230. The van der Waals surface area contributed by atoms with Crippen molar-refractivity contribution in [1.29, 1.82) is 0 Å². The van der Waals surface area contributed by atoms with Crippen molar-refractivity contribution in [3.63, 3.8) is 0 Å². The van der Waals surface area contributed by atoms with Crippen LogP contribution >= 0.6 is 0 Å². The van der Waals surface area contributed by atoms with E-state index in [1.54, 1.807) is 0 Å². The second kappa shape index (κ2) is 10.1. The van der Waals surface area contributed by atoms with E-state index in [9.17, 15) is 0 Å². The predicted octanol–water partition coefficient (Wildman–Crippen LogP) is 11.5. The van der Waals surface area contributed by atoms with E-state index in [-0.39, 0.29) is 44.6 Å². The Morgan fingerprint density at radius 3 is 0.786 bits per heavy atom. The highest BCUT2D eigenvalue weighted by Gasteiger charge is 2.84. The van der Waals surface area contributed by atoms with Gasteiger partial charge in [0.2, 0.25) is 0 Å². The normalized spacial score (nSPS) is 41.0. The lowest BCUT2D eigenvalue weighted by Crippen LogP contribution is -2.56. The molecule has 4 heteroatoms. The van der Waals surface area contributed by atoms with E-state index in [4.69, 9.17) is 9.47 Å². The van der Waals surface area contributed by atoms with Gasteiger partial charge in [0.1, 0.15) is 0 Å². The summed E-state index contributed by atoms with van der Waals surface area (Å²) in [5, 5.41) is -0.0703. The standard InChI is InChI=1S/C52H50O2Si2/c1-31-37-39(47-43-41(45(37)53-47)49(33-19-11-7-12-20-33)27-29-51(43,55(49,3)4)35-23-15-9-16-24-35)32(2)40-38(31)46-42-44(48(40)54-46)52(36-25-17-10-18-26-36)30-28-50(42,56(52,5)6)34-21-13-8-14-22-34/h7-30,41-48H,1-6H3/t41-,42+,43+,44-,45+,46-,47-,48+,49-,50+,51+,52-. The molecule has 0 amide bonds. The second-order valence-electron chi connectivity index (χ2n) is 19.8. The first-order chi connectivity index (χ1) is 27.1. The van der Waals surface area contributed by atoms with Crippen LogP contribution in [-0.2, 0) is 29.6 Å². The number of hydrogen-bond donors (Lipinski definition) is 0. The van der Waals surface area contributed by atoms with E-state index in [2.05, 4.69) is 186 Å². The Balaban J connectivity index is 1.05. The van der Waals surface area contributed by atoms with Crippen LogP contribution < -0.4 is 0 Å². The van der Waals surface area contributed by atoms with Gasteiger partial charge >= 0.3 is 0 Å². The highest BCUT2D eigenvalue weighted by Crippen LogP contribution is 2.83. The molecule has 2 nitrogen and oxygen atoms in total. The summed E-state index contributed by atoms with van der Waals surface area (Å²) in [6.45, 7) is 15.8. The molecule has 0 aliphatic carbocycles. The Morgan fingerprint density at radius 2 is 0.571 bits per heavy atom. The van der Waals surface area contributed by atoms with Crippen LogP contribution in [0.25, 0.3) is 0 Å². The number of hydrogen-bond acceptors (Lipinski definition) is 2. The highest BCUT2D eigenvalue weighted by atomic mass is 28.3. The maximum absolute atomic E-state index is 7.60. The molecule has 13 rings (SSSR count). The first-order valence-electron chi connectivity index (χ1n) is 21.2. The minimum Gasteiger partial charge on any atom is -0.365 e. The number of fused-ring (bicyclic) bond motifs is 24. The lowest BCUT2D eigenvalue weighted by atomic mass is 9.56. The molecule has 0 aromatic heterocycles. The first kappa shape index (κ1) is 33.0. The maximum Gasteiger partial charge on any atom is 0.0880 e. The highest BCUT2D eigenvalue weighted by molar-refractivity contribution is 6.86. The molecule has 5 aromatic carbocycles. The lowest BCUT2D eigenvalue weighted by molar-refractivity contribution is 0.0426. The molecular weight excluding hydrogens is 713 g/mol. The van der Waals surface area contributed by atoms with E-state index in [1.807, 2.05) is 0 Å². The van der Waals surface area contributed by atoms with Gasteiger partial charge in [-0.15, -0.1) is 0 Å². The molecule has 0 radical (unpaired) electrons. The van der Waals surface area contributed by atoms with Crippen LogP contribution in [-0.4, -0.2) is 16.1 Å². The molecule has 8 aliphatic heterocycles. The molecule has 5 aromatic rings. The van der Waals surface area contributed by atoms with E-state index in [0.717, 1.165) is 0 Å². The fraction of sp³-hybridized carbons (Fsp3) is 0.346. The van der Waals surface area contributed by atoms with Crippen LogP contribution in [0.3, 0.4) is 0 Å². The second-order valence-corrected chi connectivity index (χ2v) is 29.6. The Labute approximate surface area is 333 Å². The third-order valence-corrected chi connectivity index (χ3v) is 29.9. The fourth-order valence-corrected chi connectivity index (χ4v) is 28.2. The Morgan fingerprint density at radius 1 is 0.357 bits per heavy atom. The molecule has 8 heterocycles. The number of benzene rings is 5. The smallest absolute Gasteiger partial charge is 0.0880 e. The van der Waals surface area contributed by atoms with E-state index >= 15 is 0 Å². The van der Waals surface area contributed by atoms with Crippen LogP contribution in [0.4, 0.5) is 0 Å². The molecule has 0 N–H and O–H groups in total. The predicted molar refractivity (Wildman–Crippen MR) is 229 cm³/mol. The summed E-state index contributed by atoms with van der Waals surface area (Å²) < 4.78 is 15.2. The quantitative estimate of drug-likeness (QED) is 0.134. The number of rotatable bonds is 4. The van der Waals surface area contributed by atoms with Gasteiger partial charge in [-0.25, -0.2) is 0 Å². The first-order valence-corrected chi connectivity index (χ1v) is 27.2. The maximum atomic E-state index is 7.60. The zero-order valence-electron chi connectivity index (χ0n) is 33.3. The van der Waals surface area contributed by atoms with Crippen molar-refractivity contribution in [3.05, 3.63) is 201 Å². The van der Waals surface area contributed by atoms with Gasteiger partial charge in [-0.2, -0.15) is 0 Å². The third kappa shape index (κ3) is 3.05. The molecule has 8 aliphatic rings. The van der Waals surface area contributed by atoms with Gasteiger partial charge in [0, 0.05) is 43.8 Å². The van der Waals surface area contributed by atoms with Crippen molar-refractivity contribution < 1.29 is 9.47 Å². The minimum atomic E-state index is -2.13. The van der Waals surface area contributed by atoms with Gasteiger partial charge in [-0.05, 0) is 69.5 Å². The summed E-state index contributed by atoms with van der Waals surface area (Å²) >= 11 is 0. The monoisotopic (exact) mass is 762 g/mol. The van der Waals surface area contributed by atoms with Gasteiger partial charge < -0.3 is 9.47 Å². The number of allylic oxidation sites excluding steroid dienone is 4. The summed E-state index contributed by atoms with van der Waals surface area (Å²) in [5.74, 6) is 1.58. The Kier molecular flexibility index (Phi) is 5.97. The minimum absolute atomic E-state index is 0.0176. The van der Waals surface area contributed by atoms with Crippen molar-refractivity contribution in [3.8, 4) is 0 Å². The summed E-state index contributed by atoms with van der Waals surface area (Å²) in [6.07, 6.45) is 11.1. The topological polar surface area (TPSA) is 18.5 Å². The molecule has 56 heavy (non-hydrogen) atoms. The van der Waals surface area contributed by atoms with Gasteiger partial charge in [0.15, 0.2) is 0 Å². The van der Waals surface area contributed by atoms with Crippen molar-refractivity contribution >= 4 is 16.1 Å². The summed E-state index contributed by atoms with van der Waals surface area (Å²) in [6, 6.07) is 46.4. The van der Waals surface area contributed by atoms with E-state index < -0.39 is 16.1 Å². The molecule has 8 bridgehead atoms. The molecular formula is C52H50O2Si2. The average molecular weight is 763 g/mol. The molecule has 12 atom stereocenters. The summed E-state index contributed by atoms with van der Waals surface area (Å²) in [7, 11) is -4.25.